The van der Waals surface area contributed by atoms with Crippen LogP contribution in [0.1, 0.15) is 47.6 Å². The van der Waals surface area contributed by atoms with E-state index in [1.165, 1.54) is 30.3 Å². The van der Waals surface area contributed by atoms with Crippen molar-refractivity contribution in [1.82, 2.24) is 4.90 Å². The minimum Gasteiger partial charge on any atom is -0.491 e. The van der Waals surface area contributed by atoms with E-state index >= 15 is 0 Å². The number of nitrogens with zero attached hydrogens (tertiary/aromatic N) is 1. The molecule has 0 bridgehead atoms. The maximum Gasteiger partial charge on any atom is 0.258 e. The molecule has 0 aliphatic carbocycles. The summed E-state index contributed by atoms with van der Waals surface area (Å²) in [4.78, 5) is 15.0. The number of hydrogen-bond acceptors (Lipinski definition) is 3. The van der Waals surface area contributed by atoms with Crippen LogP contribution in [0.2, 0.25) is 0 Å². The number of nitrogens with two attached hydrogens (primary N) is 1. The Kier molecular flexibility index (Phi) is 6.40. The molecule has 0 saturated carbocycles. The summed E-state index contributed by atoms with van der Waals surface area (Å²) >= 11 is 0. The van der Waals surface area contributed by atoms with Crippen molar-refractivity contribution in [2.45, 2.75) is 31.7 Å². The highest BCUT2D eigenvalue weighted by atomic mass is 19.1. The third-order valence-corrected chi connectivity index (χ3v) is 4.79. The zero-order valence-corrected chi connectivity index (χ0v) is 15.2. The number of amides is 1. The average Bonchev–Trinajstić information content (AvgIpc) is 2.92. The van der Waals surface area contributed by atoms with Crippen molar-refractivity contribution in [1.29, 1.82) is 0 Å². The molecule has 1 unspecified atom stereocenters. The largest absolute Gasteiger partial charge is 0.491 e. The monoisotopic (exact) mass is 374 g/mol. The predicted octanol–water partition coefficient (Wildman–Crippen LogP) is 4.06. The molecule has 144 valence electrons. The van der Waals surface area contributed by atoms with Crippen LogP contribution >= 0.6 is 0 Å². The van der Waals surface area contributed by atoms with Crippen LogP contribution < -0.4 is 10.5 Å². The molecule has 3 rings (SSSR count). The molecule has 6 heteroatoms. The van der Waals surface area contributed by atoms with E-state index in [2.05, 4.69) is 0 Å². The standard InChI is InChI=1S/C21H24F2N2O2/c22-16-6-4-5-15(13-16)19-7-2-1-3-11-25(19)21(26)18-14-17(23)8-9-20(18)27-12-10-24/h4-6,8-9,13-14,19H,1-3,7,10-12,24H2. The lowest BCUT2D eigenvalue weighted by Crippen LogP contribution is -2.35. The third kappa shape index (κ3) is 4.63. The number of halogens is 2. The lowest BCUT2D eigenvalue weighted by atomic mass is 9.99. The van der Waals surface area contributed by atoms with Crippen LogP contribution in [0.4, 0.5) is 8.78 Å². The van der Waals surface area contributed by atoms with Gasteiger partial charge in [-0.3, -0.25) is 4.79 Å². The Hall–Kier alpha value is -2.47. The summed E-state index contributed by atoms with van der Waals surface area (Å²) in [5.74, 6) is -0.829. The summed E-state index contributed by atoms with van der Waals surface area (Å²) < 4.78 is 33.1. The van der Waals surface area contributed by atoms with Gasteiger partial charge in [0.1, 0.15) is 24.0 Å². The van der Waals surface area contributed by atoms with E-state index < -0.39 is 5.82 Å². The summed E-state index contributed by atoms with van der Waals surface area (Å²) in [6.07, 6.45) is 3.54. The minimum atomic E-state index is -0.504. The Bertz CT molecular complexity index is 798. The molecule has 1 fully saturated rings. The molecule has 27 heavy (non-hydrogen) atoms. The fraction of sp³-hybridized carbons (Fsp3) is 0.381. The van der Waals surface area contributed by atoms with Crippen molar-refractivity contribution >= 4 is 5.91 Å². The molecule has 1 heterocycles. The smallest absolute Gasteiger partial charge is 0.258 e. The Morgan fingerprint density at radius 1 is 1.11 bits per heavy atom. The van der Waals surface area contributed by atoms with Gasteiger partial charge in [-0.2, -0.15) is 0 Å². The molecule has 2 aromatic carbocycles. The normalized spacial score (nSPS) is 17.4. The summed E-state index contributed by atoms with van der Waals surface area (Å²) in [7, 11) is 0. The first-order valence-electron chi connectivity index (χ1n) is 9.29. The Morgan fingerprint density at radius 3 is 2.70 bits per heavy atom. The lowest BCUT2D eigenvalue weighted by Gasteiger charge is -2.31. The topological polar surface area (TPSA) is 55.6 Å². The van der Waals surface area contributed by atoms with Crippen molar-refractivity contribution in [3.05, 3.63) is 65.2 Å². The van der Waals surface area contributed by atoms with Gasteiger partial charge < -0.3 is 15.4 Å². The number of carbonyl (C=O) groups excluding carboxylic acids is 1. The summed E-state index contributed by atoms with van der Waals surface area (Å²) in [5.41, 5.74) is 6.41. The summed E-state index contributed by atoms with van der Waals surface area (Å²) in [6, 6.07) is 9.99. The van der Waals surface area contributed by atoms with Crippen LogP contribution in [0.25, 0.3) is 0 Å². The third-order valence-electron chi connectivity index (χ3n) is 4.79. The van der Waals surface area contributed by atoms with Crippen molar-refractivity contribution in [3.8, 4) is 5.75 Å². The molecule has 4 nitrogen and oxygen atoms in total. The van der Waals surface area contributed by atoms with Crippen molar-refractivity contribution in [2.24, 2.45) is 5.73 Å². The molecule has 1 aliphatic heterocycles. The average molecular weight is 374 g/mol. The highest BCUT2D eigenvalue weighted by molar-refractivity contribution is 5.97. The van der Waals surface area contributed by atoms with E-state index in [4.69, 9.17) is 10.5 Å². The van der Waals surface area contributed by atoms with E-state index in [9.17, 15) is 13.6 Å². The van der Waals surface area contributed by atoms with Crippen LogP contribution in [0, 0.1) is 11.6 Å². The first-order valence-corrected chi connectivity index (χ1v) is 9.29. The number of benzene rings is 2. The Morgan fingerprint density at radius 2 is 1.93 bits per heavy atom. The first kappa shape index (κ1) is 19.3. The van der Waals surface area contributed by atoms with Crippen LogP contribution in [-0.4, -0.2) is 30.5 Å². The molecular formula is C21H24F2N2O2. The first-order chi connectivity index (χ1) is 13.1. The maximum absolute atomic E-state index is 13.8. The van der Waals surface area contributed by atoms with Gasteiger partial charge in [-0.1, -0.05) is 25.0 Å². The van der Waals surface area contributed by atoms with Crippen LogP contribution in [0.3, 0.4) is 0 Å². The second-order valence-electron chi connectivity index (χ2n) is 6.70. The van der Waals surface area contributed by atoms with Crippen LogP contribution in [0.5, 0.6) is 5.75 Å². The number of hydrogen-bond donors (Lipinski definition) is 1. The second-order valence-corrected chi connectivity index (χ2v) is 6.70. The molecule has 1 saturated heterocycles. The van der Waals surface area contributed by atoms with Gasteiger partial charge in [-0.05, 0) is 48.7 Å². The molecule has 2 aromatic rings. The van der Waals surface area contributed by atoms with Gasteiger partial charge in [0.2, 0.25) is 0 Å². The van der Waals surface area contributed by atoms with E-state index in [1.54, 1.807) is 11.0 Å². The Balaban J connectivity index is 1.96. The van der Waals surface area contributed by atoms with Crippen molar-refractivity contribution in [3.63, 3.8) is 0 Å². The number of rotatable bonds is 5. The highest BCUT2D eigenvalue weighted by Crippen LogP contribution is 2.33. The van der Waals surface area contributed by atoms with E-state index in [-0.39, 0.29) is 29.9 Å². The van der Waals surface area contributed by atoms with Gasteiger partial charge in [0.25, 0.3) is 5.91 Å². The van der Waals surface area contributed by atoms with Gasteiger partial charge >= 0.3 is 0 Å². The molecule has 0 aromatic heterocycles. The van der Waals surface area contributed by atoms with Gasteiger partial charge in [-0.15, -0.1) is 0 Å². The maximum atomic E-state index is 13.8. The molecule has 1 atom stereocenters. The lowest BCUT2D eigenvalue weighted by molar-refractivity contribution is 0.0675. The molecular weight excluding hydrogens is 350 g/mol. The number of carbonyl (C=O) groups is 1. The predicted molar refractivity (Wildman–Crippen MR) is 99.6 cm³/mol. The van der Waals surface area contributed by atoms with Gasteiger partial charge in [0.05, 0.1) is 11.6 Å². The van der Waals surface area contributed by atoms with Crippen molar-refractivity contribution < 1.29 is 18.3 Å². The van der Waals surface area contributed by atoms with E-state index in [0.717, 1.165) is 31.2 Å². The molecule has 0 spiro atoms. The van der Waals surface area contributed by atoms with Gasteiger partial charge in [-0.25, -0.2) is 8.78 Å². The molecule has 1 amide bonds. The Labute approximate surface area is 157 Å². The number of ether oxygens (including phenoxy) is 1. The number of likely N-dealkylation sites (tertiary alicyclic amines) is 1. The summed E-state index contributed by atoms with van der Waals surface area (Å²) in [5, 5.41) is 0. The zero-order chi connectivity index (χ0) is 19.2. The van der Waals surface area contributed by atoms with Gasteiger partial charge in [0.15, 0.2) is 0 Å². The molecule has 0 radical (unpaired) electrons. The zero-order valence-electron chi connectivity index (χ0n) is 15.2. The fourth-order valence-electron chi connectivity index (χ4n) is 3.53. The van der Waals surface area contributed by atoms with Gasteiger partial charge in [0, 0.05) is 13.1 Å². The quantitative estimate of drug-likeness (QED) is 0.859. The molecule has 1 aliphatic rings. The second kappa shape index (κ2) is 8.95. The van der Waals surface area contributed by atoms with E-state index in [0.29, 0.717) is 18.8 Å². The SMILES string of the molecule is NCCOc1ccc(F)cc1C(=O)N1CCCCCC1c1cccc(F)c1. The summed E-state index contributed by atoms with van der Waals surface area (Å²) in [6.45, 7) is 1.06. The highest BCUT2D eigenvalue weighted by Gasteiger charge is 2.29. The van der Waals surface area contributed by atoms with Crippen LogP contribution in [-0.2, 0) is 0 Å². The molecule has 2 N–H and O–H groups in total. The van der Waals surface area contributed by atoms with Crippen LogP contribution in [0.15, 0.2) is 42.5 Å². The van der Waals surface area contributed by atoms with E-state index in [1.807, 2.05) is 6.07 Å². The van der Waals surface area contributed by atoms with Crippen molar-refractivity contribution in [2.75, 3.05) is 19.7 Å². The fourth-order valence-corrected chi connectivity index (χ4v) is 3.53. The minimum absolute atomic E-state index is 0.173.